The van der Waals surface area contributed by atoms with Crippen molar-refractivity contribution in [1.29, 1.82) is 0 Å². The minimum Gasteiger partial charge on any atom is -0.308 e. The standard InChI is InChI=1S/C16H23N3S/c1-12-16(20-11-17-12)13(2)18-15(10-19(3)4)14-8-6-5-7-9-14/h5-9,11,13,15,18H,10H2,1-4H3. The van der Waals surface area contributed by atoms with Crippen LogP contribution in [0.4, 0.5) is 0 Å². The van der Waals surface area contributed by atoms with E-state index >= 15 is 0 Å². The van der Waals surface area contributed by atoms with Gasteiger partial charge in [-0.05, 0) is 33.5 Å². The maximum Gasteiger partial charge on any atom is 0.0798 e. The number of likely N-dealkylation sites (N-methyl/N-ethyl adjacent to an activating group) is 1. The van der Waals surface area contributed by atoms with E-state index in [1.165, 1.54) is 10.4 Å². The highest BCUT2D eigenvalue weighted by Gasteiger charge is 2.18. The van der Waals surface area contributed by atoms with E-state index in [1.807, 2.05) is 5.51 Å². The van der Waals surface area contributed by atoms with Crippen LogP contribution in [0.2, 0.25) is 0 Å². The van der Waals surface area contributed by atoms with Crippen LogP contribution in [0.25, 0.3) is 0 Å². The van der Waals surface area contributed by atoms with Gasteiger partial charge in [-0.15, -0.1) is 11.3 Å². The second-order valence-electron chi connectivity index (χ2n) is 5.42. The van der Waals surface area contributed by atoms with Crippen molar-refractivity contribution in [2.45, 2.75) is 25.9 Å². The van der Waals surface area contributed by atoms with Gasteiger partial charge in [0, 0.05) is 23.5 Å². The third-order valence-corrected chi connectivity index (χ3v) is 4.49. The molecule has 1 heterocycles. The fraction of sp³-hybridized carbons (Fsp3) is 0.438. The van der Waals surface area contributed by atoms with E-state index in [9.17, 15) is 0 Å². The molecule has 1 aromatic heterocycles. The van der Waals surface area contributed by atoms with Crippen molar-refractivity contribution in [2.75, 3.05) is 20.6 Å². The second-order valence-corrected chi connectivity index (χ2v) is 6.30. The highest BCUT2D eigenvalue weighted by Crippen LogP contribution is 2.25. The Bertz CT molecular complexity index is 522. The second kappa shape index (κ2) is 6.97. The normalized spacial score (nSPS) is 14.4. The van der Waals surface area contributed by atoms with E-state index in [2.05, 4.69) is 73.5 Å². The average molecular weight is 289 g/mol. The minimum atomic E-state index is 0.313. The van der Waals surface area contributed by atoms with Crippen LogP contribution in [0.5, 0.6) is 0 Å². The number of rotatable bonds is 6. The topological polar surface area (TPSA) is 28.2 Å². The zero-order valence-electron chi connectivity index (χ0n) is 12.6. The molecular formula is C16H23N3S. The first-order chi connectivity index (χ1) is 9.58. The van der Waals surface area contributed by atoms with Gasteiger partial charge in [-0.1, -0.05) is 30.3 Å². The first-order valence-electron chi connectivity index (χ1n) is 6.93. The van der Waals surface area contributed by atoms with Crippen LogP contribution in [0.3, 0.4) is 0 Å². The molecule has 0 radical (unpaired) electrons. The van der Waals surface area contributed by atoms with E-state index in [1.54, 1.807) is 11.3 Å². The Morgan fingerprint density at radius 3 is 2.50 bits per heavy atom. The quantitative estimate of drug-likeness (QED) is 0.883. The summed E-state index contributed by atoms with van der Waals surface area (Å²) in [4.78, 5) is 7.89. The fourth-order valence-electron chi connectivity index (χ4n) is 2.41. The lowest BCUT2D eigenvalue weighted by molar-refractivity contribution is 0.326. The molecule has 108 valence electrons. The van der Waals surface area contributed by atoms with Crippen LogP contribution in [0, 0.1) is 6.92 Å². The molecule has 4 heteroatoms. The van der Waals surface area contributed by atoms with Gasteiger partial charge in [0.2, 0.25) is 0 Å². The molecule has 1 N–H and O–H groups in total. The summed E-state index contributed by atoms with van der Waals surface area (Å²) < 4.78 is 0. The highest BCUT2D eigenvalue weighted by molar-refractivity contribution is 7.09. The van der Waals surface area contributed by atoms with Gasteiger partial charge in [-0.3, -0.25) is 0 Å². The Balaban J connectivity index is 2.14. The zero-order valence-corrected chi connectivity index (χ0v) is 13.4. The minimum absolute atomic E-state index is 0.313. The van der Waals surface area contributed by atoms with Gasteiger partial charge in [-0.25, -0.2) is 4.98 Å². The van der Waals surface area contributed by atoms with Crippen molar-refractivity contribution < 1.29 is 0 Å². The van der Waals surface area contributed by atoms with Gasteiger partial charge in [-0.2, -0.15) is 0 Å². The molecule has 2 aromatic rings. The van der Waals surface area contributed by atoms with E-state index < -0.39 is 0 Å². The summed E-state index contributed by atoms with van der Waals surface area (Å²) >= 11 is 1.73. The van der Waals surface area contributed by atoms with Crippen LogP contribution in [0.1, 0.15) is 35.1 Å². The van der Waals surface area contributed by atoms with Crippen LogP contribution in [-0.2, 0) is 0 Å². The molecule has 0 aliphatic carbocycles. The smallest absolute Gasteiger partial charge is 0.0798 e. The van der Waals surface area contributed by atoms with Crippen LogP contribution >= 0.6 is 11.3 Å². The monoisotopic (exact) mass is 289 g/mol. The van der Waals surface area contributed by atoms with E-state index in [-0.39, 0.29) is 0 Å². The maximum absolute atomic E-state index is 4.35. The predicted molar refractivity (Wildman–Crippen MR) is 86.1 cm³/mol. The Labute approximate surface area is 125 Å². The van der Waals surface area contributed by atoms with Crippen molar-refractivity contribution >= 4 is 11.3 Å². The van der Waals surface area contributed by atoms with E-state index in [0.29, 0.717) is 12.1 Å². The SMILES string of the molecule is Cc1ncsc1C(C)NC(CN(C)C)c1ccccc1. The molecule has 2 unspecified atom stereocenters. The lowest BCUT2D eigenvalue weighted by atomic mass is 10.0. The zero-order chi connectivity index (χ0) is 14.5. The summed E-state index contributed by atoms with van der Waals surface area (Å²) in [5.41, 5.74) is 4.38. The molecule has 3 nitrogen and oxygen atoms in total. The number of aryl methyl sites for hydroxylation is 1. The molecular weight excluding hydrogens is 266 g/mol. The first kappa shape index (κ1) is 15.2. The van der Waals surface area contributed by atoms with Crippen LogP contribution < -0.4 is 5.32 Å². The molecule has 20 heavy (non-hydrogen) atoms. The van der Waals surface area contributed by atoms with E-state index in [0.717, 1.165) is 12.2 Å². The third-order valence-electron chi connectivity index (χ3n) is 3.38. The van der Waals surface area contributed by atoms with Crippen LogP contribution in [-0.4, -0.2) is 30.5 Å². The van der Waals surface area contributed by atoms with Gasteiger partial charge in [0.15, 0.2) is 0 Å². The molecule has 0 aliphatic rings. The summed E-state index contributed by atoms with van der Waals surface area (Å²) in [6.45, 7) is 5.27. The number of nitrogens with zero attached hydrogens (tertiary/aromatic N) is 2. The Hall–Kier alpha value is -1.23. The summed E-state index contributed by atoms with van der Waals surface area (Å²) in [5.74, 6) is 0. The van der Waals surface area contributed by atoms with Gasteiger partial charge in [0.1, 0.15) is 0 Å². The fourth-order valence-corrected chi connectivity index (χ4v) is 3.23. The third kappa shape index (κ3) is 3.88. The predicted octanol–water partition coefficient (Wildman–Crippen LogP) is 3.41. The molecule has 0 saturated heterocycles. The van der Waals surface area contributed by atoms with Gasteiger partial charge < -0.3 is 10.2 Å². The van der Waals surface area contributed by atoms with E-state index in [4.69, 9.17) is 0 Å². The number of thiazole rings is 1. The Morgan fingerprint density at radius 1 is 1.25 bits per heavy atom. The molecule has 0 amide bonds. The number of hydrogen-bond acceptors (Lipinski definition) is 4. The largest absolute Gasteiger partial charge is 0.308 e. The molecule has 2 rings (SSSR count). The molecule has 0 fully saturated rings. The highest BCUT2D eigenvalue weighted by atomic mass is 32.1. The molecule has 0 spiro atoms. The summed E-state index contributed by atoms with van der Waals surface area (Å²) in [5, 5.41) is 3.74. The first-order valence-corrected chi connectivity index (χ1v) is 7.81. The number of benzene rings is 1. The number of aromatic nitrogens is 1. The summed E-state index contributed by atoms with van der Waals surface area (Å²) in [7, 11) is 4.22. The van der Waals surface area contributed by atoms with Gasteiger partial charge in [0.05, 0.1) is 11.2 Å². The van der Waals surface area contributed by atoms with Crippen molar-refractivity contribution in [3.63, 3.8) is 0 Å². The number of hydrogen-bond donors (Lipinski definition) is 1. The average Bonchev–Trinajstić information content (AvgIpc) is 2.85. The van der Waals surface area contributed by atoms with Crippen molar-refractivity contribution in [1.82, 2.24) is 15.2 Å². The maximum atomic E-state index is 4.35. The van der Waals surface area contributed by atoms with Crippen molar-refractivity contribution in [2.24, 2.45) is 0 Å². The summed E-state index contributed by atoms with van der Waals surface area (Å²) in [6.07, 6.45) is 0. The Morgan fingerprint density at radius 2 is 1.95 bits per heavy atom. The molecule has 0 saturated carbocycles. The van der Waals surface area contributed by atoms with Gasteiger partial charge >= 0.3 is 0 Å². The molecule has 1 aromatic carbocycles. The van der Waals surface area contributed by atoms with Gasteiger partial charge in [0.25, 0.3) is 0 Å². The number of nitrogens with one attached hydrogen (secondary N) is 1. The lowest BCUT2D eigenvalue weighted by Crippen LogP contribution is -2.32. The molecule has 0 aliphatic heterocycles. The lowest BCUT2D eigenvalue weighted by Gasteiger charge is -2.26. The molecule has 0 bridgehead atoms. The van der Waals surface area contributed by atoms with Crippen LogP contribution in [0.15, 0.2) is 35.8 Å². The Kier molecular flexibility index (Phi) is 5.29. The van der Waals surface area contributed by atoms with Crippen molar-refractivity contribution in [3.8, 4) is 0 Å². The molecule has 2 atom stereocenters. The van der Waals surface area contributed by atoms with Crippen molar-refractivity contribution in [3.05, 3.63) is 52.0 Å². The summed E-state index contributed by atoms with van der Waals surface area (Å²) in [6, 6.07) is 11.3.